The molecule has 1 fully saturated rings. The molecule has 3 aromatic rings. The van der Waals surface area contributed by atoms with E-state index in [4.69, 9.17) is 4.74 Å². The fourth-order valence-electron chi connectivity index (χ4n) is 4.45. The van der Waals surface area contributed by atoms with Crippen LogP contribution in [0.25, 0.3) is 0 Å². The van der Waals surface area contributed by atoms with Gasteiger partial charge >= 0.3 is 0 Å². The molecule has 0 radical (unpaired) electrons. The molecule has 2 atom stereocenters. The maximum Gasteiger partial charge on any atom is 0.241 e. The smallest absolute Gasteiger partial charge is 0.241 e. The van der Waals surface area contributed by atoms with Crippen molar-refractivity contribution in [3.05, 3.63) is 59.3 Å². The topological polar surface area (TPSA) is 109 Å². The molecule has 10 heteroatoms. The van der Waals surface area contributed by atoms with Gasteiger partial charge in [0.15, 0.2) is 11.6 Å². The van der Waals surface area contributed by atoms with Gasteiger partial charge in [0, 0.05) is 36.0 Å². The van der Waals surface area contributed by atoms with Crippen molar-refractivity contribution in [1.29, 1.82) is 0 Å². The lowest BCUT2D eigenvalue weighted by molar-refractivity contribution is 0.207. The Morgan fingerprint density at radius 1 is 1.21 bits per heavy atom. The lowest BCUT2D eigenvalue weighted by atomic mass is 10.0. The predicted octanol–water partition coefficient (Wildman–Crippen LogP) is 4.32. The van der Waals surface area contributed by atoms with Crippen LogP contribution in [0.1, 0.15) is 61.8 Å². The number of nitrogens with zero attached hydrogens (tertiary/aromatic N) is 2. The van der Waals surface area contributed by atoms with Crippen LogP contribution in [-0.2, 0) is 16.6 Å². The molecule has 1 aliphatic heterocycles. The van der Waals surface area contributed by atoms with E-state index in [0.717, 1.165) is 36.3 Å². The highest BCUT2D eigenvalue weighted by molar-refractivity contribution is 7.89. The van der Waals surface area contributed by atoms with Crippen LogP contribution < -0.4 is 14.8 Å². The summed E-state index contributed by atoms with van der Waals surface area (Å²) in [5.41, 5.74) is 2.44. The first-order valence-corrected chi connectivity index (χ1v) is 12.5. The molecule has 3 N–H and O–H groups in total. The van der Waals surface area contributed by atoms with Crippen molar-refractivity contribution >= 4 is 21.5 Å². The molecule has 1 aliphatic carbocycles. The summed E-state index contributed by atoms with van der Waals surface area (Å²) >= 11 is 0. The molecule has 1 saturated carbocycles. The molecule has 2 aromatic heterocycles. The number of H-pyrrole nitrogens is 1. The van der Waals surface area contributed by atoms with Gasteiger partial charge in [-0.2, -0.15) is 5.10 Å². The van der Waals surface area contributed by atoms with Gasteiger partial charge in [-0.05, 0) is 48.9 Å². The summed E-state index contributed by atoms with van der Waals surface area (Å²) in [6, 6.07) is 6.75. The van der Waals surface area contributed by atoms with Gasteiger partial charge < -0.3 is 10.1 Å². The van der Waals surface area contributed by atoms with Crippen molar-refractivity contribution in [2.45, 2.75) is 62.5 Å². The third kappa shape index (κ3) is 4.32. The average molecular weight is 472 g/mol. The van der Waals surface area contributed by atoms with Gasteiger partial charge in [0.25, 0.3) is 0 Å². The second-order valence-electron chi connectivity index (χ2n) is 8.92. The monoisotopic (exact) mass is 471 g/mol. The number of sulfonamides is 1. The van der Waals surface area contributed by atoms with Crippen molar-refractivity contribution in [1.82, 2.24) is 19.9 Å². The first-order chi connectivity index (χ1) is 15.8. The molecular formula is C23H26FN5O3S. The minimum absolute atomic E-state index is 0.0144. The molecule has 0 spiro atoms. The summed E-state index contributed by atoms with van der Waals surface area (Å²) in [6.45, 7) is 4.21. The summed E-state index contributed by atoms with van der Waals surface area (Å²) in [4.78, 5) is 4.27. The summed E-state index contributed by atoms with van der Waals surface area (Å²) in [7, 11) is -3.61. The minimum Gasteiger partial charge on any atom is -0.489 e. The Morgan fingerprint density at radius 3 is 2.88 bits per heavy atom. The number of hydrogen-bond acceptors (Lipinski definition) is 6. The van der Waals surface area contributed by atoms with E-state index in [1.165, 1.54) is 12.1 Å². The van der Waals surface area contributed by atoms with Crippen LogP contribution in [0.5, 0.6) is 5.75 Å². The molecule has 2 aliphatic rings. The van der Waals surface area contributed by atoms with Crippen molar-refractivity contribution in [3.63, 3.8) is 0 Å². The number of aromatic nitrogens is 3. The van der Waals surface area contributed by atoms with Crippen LogP contribution in [0.15, 0.2) is 41.6 Å². The van der Waals surface area contributed by atoms with Crippen molar-refractivity contribution in [2.24, 2.45) is 0 Å². The maximum atomic E-state index is 14.8. The van der Waals surface area contributed by atoms with Crippen molar-refractivity contribution < 1.29 is 17.5 Å². The zero-order valence-electron chi connectivity index (χ0n) is 18.4. The maximum absolute atomic E-state index is 14.8. The van der Waals surface area contributed by atoms with Crippen LogP contribution in [0, 0.1) is 5.82 Å². The Labute approximate surface area is 192 Å². The highest BCUT2D eigenvalue weighted by Gasteiger charge is 2.31. The summed E-state index contributed by atoms with van der Waals surface area (Å²) in [5, 5.41) is 10.3. The second kappa shape index (κ2) is 8.42. The van der Waals surface area contributed by atoms with Crippen LogP contribution >= 0.6 is 0 Å². The summed E-state index contributed by atoms with van der Waals surface area (Å²) in [6.07, 6.45) is 6.46. The zero-order chi connectivity index (χ0) is 23.2. The number of pyridine rings is 1. The SMILES string of the molecule is CC(C)c1cncc(O[C@@H]2CC[C@H](c3cc(Nc4ccc5c(c4F)CNS5(=O)=O)n[nH]3)C2)c1. The number of hydrogen-bond donors (Lipinski definition) is 3. The van der Waals surface area contributed by atoms with E-state index in [0.29, 0.717) is 11.7 Å². The van der Waals surface area contributed by atoms with Crippen LogP contribution in [0.3, 0.4) is 0 Å². The van der Waals surface area contributed by atoms with E-state index in [-0.39, 0.29) is 34.7 Å². The molecule has 33 heavy (non-hydrogen) atoms. The molecular weight excluding hydrogens is 445 g/mol. The van der Waals surface area contributed by atoms with E-state index >= 15 is 0 Å². The molecule has 0 saturated heterocycles. The molecule has 5 rings (SSSR count). The number of ether oxygens (including phenoxy) is 1. The van der Waals surface area contributed by atoms with E-state index in [1.807, 2.05) is 12.3 Å². The number of nitrogens with one attached hydrogen (secondary N) is 3. The van der Waals surface area contributed by atoms with E-state index in [1.54, 1.807) is 6.20 Å². The second-order valence-corrected chi connectivity index (χ2v) is 10.7. The molecule has 0 amide bonds. The number of aromatic amines is 1. The quantitative estimate of drug-likeness (QED) is 0.494. The normalized spacial score (nSPS) is 21.3. The van der Waals surface area contributed by atoms with E-state index in [2.05, 4.69) is 45.1 Å². The Morgan fingerprint density at radius 2 is 2.06 bits per heavy atom. The van der Waals surface area contributed by atoms with Gasteiger partial charge in [0.05, 0.1) is 22.9 Å². The Balaban J connectivity index is 1.24. The Bertz CT molecular complexity index is 1290. The number of benzene rings is 1. The summed E-state index contributed by atoms with van der Waals surface area (Å²) in [5.74, 6) is 1.35. The van der Waals surface area contributed by atoms with Crippen molar-refractivity contribution in [3.8, 4) is 5.75 Å². The molecule has 0 bridgehead atoms. The van der Waals surface area contributed by atoms with Gasteiger partial charge in [0.1, 0.15) is 5.75 Å². The van der Waals surface area contributed by atoms with Gasteiger partial charge in [-0.3, -0.25) is 10.1 Å². The number of fused-ring (bicyclic) bond motifs is 1. The highest BCUT2D eigenvalue weighted by Crippen LogP contribution is 2.37. The fourth-order valence-corrected chi connectivity index (χ4v) is 5.67. The minimum atomic E-state index is -3.61. The lowest BCUT2D eigenvalue weighted by Gasteiger charge is -2.15. The van der Waals surface area contributed by atoms with Gasteiger partial charge in [-0.1, -0.05) is 13.8 Å². The molecule has 0 unspecified atom stereocenters. The van der Waals surface area contributed by atoms with E-state index in [9.17, 15) is 12.8 Å². The molecule has 8 nitrogen and oxygen atoms in total. The van der Waals surface area contributed by atoms with Gasteiger partial charge in [0.2, 0.25) is 10.0 Å². The standard InChI is InChI=1S/C23H26FN5O3S/c1-13(2)15-8-17(11-25-10-15)32-16-4-3-14(7-16)20-9-22(29-28-20)27-19-5-6-21-18(23(19)24)12-26-33(21,30)31/h5-6,8-11,13-14,16,26H,3-4,7,12H2,1-2H3,(H2,27,28,29)/t14-,16+/m0/s1. The molecule has 1 aromatic carbocycles. The molecule has 3 heterocycles. The van der Waals surface area contributed by atoms with Gasteiger partial charge in [-0.15, -0.1) is 0 Å². The predicted molar refractivity (Wildman–Crippen MR) is 122 cm³/mol. The van der Waals surface area contributed by atoms with Gasteiger partial charge in [-0.25, -0.2) is 17.5 Å². The Hall–Kier alpha value is -2.98. The van der Waals surface area contributed by atoms with Crippen molar-refractivity contribution in [2.75, 3.05) is 5.32 Å². The largest absolute Gasteiger partial charge is 0.489 e. The first kappa shape index (κ1) is 21.8. The van der Waals surface area contributed by atoms with Crippen LogP contribution in [-0.4, -0.2) is 29.7 Å². The zero-order valence-corrected chi connectivity index (χ0v) is 19.2. The Kier molecular flexibility index (Phi) is 5.57. The third-order valence-corrected chi connectivity index (χ3v) is 7.80. The highest BCUT2D eigenvalue weighted by atomic mass is 32.2. The average Bonchev–Trinajstić information content (AvgIpc) is 3.50. The number of halogens is 1. The van der Waals surface area contributed by atoms with Crippen LogP contribution in [0.4, 0.5) is 15.9 Å². The number of anilines is 2. The molecule has 174 valence electrons. The third-order valence-electron chi connectivity index (χ3n) is 6.32. The van der Waals surface area contributed by atoms with E-state index < -0.39 is 15.8 Å². The first-order valence-electron chi connectivity index (χ1n) is 11.0. The lowest BCUT2D eigenvalue weighted by Crippen LogP contribution is -2.13. The number of rotatable bonds is 6. The summed E-state index contributed by atoms with van der Waals surface area (Å²) < 4.78 is 47.1. The van der Waals surface area contributed by atoms with Crippen LogP contribution in [0.2, 0.25) is 0 Å². The fraction of sp³-hybridized carbons (Fsp3) is 0.391.